The fourth-order valence-corrected chi connectivity index (χ4v) is 3.31. The molecule has 0 spiro atoms. The van der Waals surface area contributed by atoms with E-state index in [0.29, 0.717) is 5.57 Å². The van der Waals surface area contributed by atoms with Gasteiger partial charge in [0, 0.05) is 0 Å². The lowest BCUT2D eigenvalue weighted by molar-refractivity contribution is -0.157. The summed E-state index contributed by atoms with van der Waals surface area (Å²) in [4.78, 5) is 74.2. The number of epoxide rings is 2. The van der Waals surface area contributed by atoms with E-state index in [2.05, 4.69) is 50.9 Å². The highest BCUT2D eigenvalue weighted by Crippen LogP contribution is 2.24. The second-order valence-electron chi connectivity index (χ2n) is 9.25. The zero-order valence-electron chi connectivity index (χ0n) is 27.7. The number of Topliss-reactive ketones (excluding diaryl/α,β-unsaturated/α-hetero) is 1. The van der Waals surface area contributed by atoms with E-state index in [-0.39, 0.29) is 33.0 Å². The van der Waals surface area contributed by atoms with Crippen molar-refractivity contribution in [1.82, 2.24) is 0 Å². The van der Waals surface area contributed by atoms with Gasteiger partial charge in [0.1, 0.15) is 17.0 Å². The first-order chi connectivity index (χ1) is 22.4. The monoisotopic (exact) mass is 760 g/mol. The third-order valence-electron chi connectivity index (χ3n) is 5.32. The van der Waals surface area contributed by atoms with Gasteiger partial charge in [-0.05, 0) is 54.0 Å². The molecule has 0 aromatic rings. The van der Waals surface area contributed by atoms with Crippen LogP contribution in [0.2, 0.25) is 0 Å². The molecule has 2 rings (SSSR count). The van der Waals surface area contributed by atoms with E-state index >= 15 is 0 Å². The molecule has 2 heterocycles. The highest BCUT2D eigenvalue weighted by Gasteiger charge is 2.53. The van der Waals surface area contributed by atoms with Crippen LogP contribution in [-0.4, -0.2) is 143 Å². The molecule has 8 unspecified atom stereocenters. The van der Waals surface area contributed by atoms with E-state index in [0.717, 1.165) is 0 Å². The van der Waals surface area contributed by atoms with Gasteiger partial charge in [0.25, 0.3) is 0 Å². The quantitative estimate of drug-likeness (QED) is 0.0533. The SMILES string of the molecule is C=C(C)C(O)C(O)C(=O)OCC.CCOC(=O)C(Br)C(O)C(C)=O.CCOC(=O)C1OC1C(=O)O.CCOC(=O)C1OC1C(=O)OCC. The van der Waals surface area contributed by atoms with E-state index in [4.69, 9.17) is 25.2 Å². The van der Waals surface area contributed by atoms with Gasteiger partial charge in [0.2, 0.25) is 0 Å². The normalized spacial score (nSPS) is 20.6. The maximum Gasteiger partial charge on any atom is 0.338 e. The minimum Gasteiger partial charge on any atom is -0.479 e. The Hall–Kier alpha value is -3.49. The maximum atomic E-state index is 11.0. The van der Waals surface area contributed by atoms with Crippen LogP contribution in [0.1, 0.15) is 48.5 Å². The fraction of sp³-hybridized carbons (Fsp3) is 0.690. The Balaban J connectivity index is 0. The number of hydrogen-bond acceptors (Lipinski definition) is 17. The van der Waals surface area contributed by atoms with Gasteiger partial charge in [-0.3, -0.25) is 9.59 Å². The summed E-state index contributed by atoms with van der Waals surface area (Å²) in [5.41, 5.74) is 0.329. The molecule has 2 aliphatic rings. The molecule has 0 aromatic carbocycles. The Morgan fingerprint density at radius 2 is 0.938 bits per heavy atom. The lowest BCUT2D eigenvalue weighted by atomic mass is 10.1. The number of ether oxygens (including phenoxy) is 7. The molecule has 0 aliphatic carbocycles. The van der Waals surface area contributed by atoms with E-state index in [1.807, 2.05) is 0 Å². The van der Waals surface area contributed by atoms with Crippen LogP contribution in [0.4, 0.5) is 0 Å². The van der Waals surface area contributed by atoms with Crippen molar-refractivity contribution >= 4 is 57.5 Å². The van der Waals surface area contributed by atoms with Crippen LogP contribution in [-0.2, 0) is 66.7 Å². The molecule has 2 fully saturated rings. The molecular formula is C29H45BrO18. The summed E-state index contributed by atoms with van der Waals surface area (Å²) in [6, 6.07) is 0. The van der Waals surface area contributed by atoms with Crippen molar-refractivity contribution in [3.63, 3.8) is 0 Å². The molecule has 48 heavy (non-hydrogen) atoms. The average Bonchev–Trinajstić information content (AvgIpc) is 3.95. The molecule has 18 nitrogen and oxygen atoms in total. The summed E-state index contributed by atoms with van der Waals surface area (Å²) in [7, 11) is 0. The number of carbonyl (C=O) groups is 7. The third-order valence-corrected chi connectivity index (χ3v) is 6.20. The van der Waals surface area contributed by atoms with E-state index in [1.165, 1.54) is 13.8 Å². The number of alkyl halides is 1. The molecule has 0 amide bonds. The fourth-order valence-electron chi connectivity index (χ4n) is 2.81. The number of halogens is 1. The Morgan fingerprint density at radius 1 is 0.604 bits per heavy atom. The summed E-state index contributed by atoms with van der Waals surface area (Å²) in [5.74, 6) is -4.64. The molecule has 2 aliphatic heterocycles. The molecule has 19 heteroatoms. The summed E-state index contributed by atoms with van der Waals surface area (Å²) in [5, 5.41) is 35.6. The van der Waals surface area contributed by atoms with Gasteiger partial charge in [-0.15, -0.1) is 0 Å². The standard InChI is InChI=1S/C8H12O5.C8H14O4.C7H11BrO4.C6H8O5/c1-3-11-7(9)5-6(13-5)8(10)12-4-2;1-4-12-8(11)7(10)6(9)5(2)3;1-3-12-7(11)5(8)6(10)4(2)9;1-2-10-6(9)4-3(11-4)5(7)8/h5-6H,3-4H2,1-2H3;6-7,9-10H,2,4H2,1,3H3;5-6,10H,3H2,1-2H3;3-4H,2H2,1H3,(H,7,8). The molecule has 4 N–H and O–H groups in total. The van der Waals surface area contributed by atoms with Crippen LogP contribution in [0, 0.1) is 0 Å². The Kier molecular flexibility index (Phi) is 23.9. The Bertz CT molecular complexity index is 1030. The maximum absolute atomic E-state index is 11.0. The van der Waals surface area contributed by atoms with Gasteiger partial charge in [0.05, 0.1) is 33.0 Å². The predicted octanol–water partition coefficient (Wildman–Crippen LogP) is -0.608. The van der Waals surface area contributed by atoms with Gasteiger partial charge in [-0.1, -0.05) is 22.5 Å². The summed E-state index contributed by atoms with van der Waals surface area (Å²) in [6.45, 7) is 15.7. The van der Waals surface area contributed by atoms with E-state index < -0.39 is 89.2 Å². The zero-order chi connectivity index (χ0) is 37.7. The minimum absolute atomic E-state index is 0.179. The minimum atomic E-state index is -1.53. The van der Waals surface area contributed by atoms with Gasteiger partial charge in [-0.2, -0.15) is 0 Å². The molecule has 0 bridgehead atoms. The molecular weight excluding hydrogens is 716 g/mol. The van der Waals surface area contributed by atoms with Crippen LogP contribution in [0.25, 0.3) is 0 Å². The van der Waals surface area contributed by atoms with Crippen molar-refractivity contribution in [3.8, 4) is 0 Å². The van der Waals surface area contributed by atoms with Gasteiger partial charge >= 0.3 is 35.8 Å². The number of aliphatic hydroxyl groups is 3. The number of aliphatic carboxylic acids is 1. The summed E-state index contributed by atoms with van der Waals surface area (Å²) >= 11 is 2.86. The molecule has 0 aromatic heterocycles. The van der Waals surface area contributed by atoms with Crippen molar-refractivity contribution in [3.05, 3.63) is 12.2 Å². The van der Waals surface area contributed by atoms with Crippen LogP contribution in [0.5, 0.6) is 0 Å². The Morgan fingerprint density at radius 3 is 1.23 bits per heavy atom. The van der Waals surface area contributed by atoms with Crippen molar-refractivity contribution in [2.75, 3.05) is 33.0 Å². The third kappa shape index (κ3) is 18.2. The number of esters is 5. The van der Waals surface area contributed by atoms with E-state index in [9.17, 15) is 33.6 Å². The first-order valence-electron chi connectivity index (χ1n) is 14.6. The lowest BCUT2D eigenvalue weighted by Crippen LogP contribution is -2.35. The van der Waals surface area contributed by atoms with Gasteiger partial charge in [0.15, 0.2) is 36.3 Å². The number of aliphatic hydroxyl groups excluding tert-OH is 3. The number of rotatable bonds is 15. The second kappa shape index (κ2) is 24.6. The first kappa shape index (κ1) is 46.6. The van der Waals surface area contributed by atoms with Gasteiger partial charge in [-0.25, -0.2) is 24.0 Å². The number of carboxylic acid groups (broad SMARTS) is 1. The first-order valence-corrected chi connectivity index (χ1v) is 15.5. The molecule has 8 atom stereocenters. The Labute approximate surface area is 285 Å². The average molecular weight is 762 g/mol. The topological polar surface area (TPSA) is 272 Å². The van der Waals surface area contributed by atoms with Gasteiger partial charge < -0.3 is 53.6 Å². The van der Waals surface area contributed by atoms with Crippen LogP contribution >= 0.6 is 15.9 Å². The molecule has 2 saturated heterocycles. The van der Waals surface area contributed by atoms with E-state index in [1.54, 1.807) is 34.6 Å². The second-order valence-corrected chi connectivity index (χ2v) is 10.2. The predicted molar refractivity (Wildman–Crippen MR) is 164 cm³/mol. The number of carboxylic acids is 1. The molecule has 0 saturated carbocycles. The molecule has 0 radical (unpaired) electrons. The van der Waals surface area contributed by atoms with Crippen LogP contribution in [0.15, 0.2) is 12.2 Å². The summed E-state index contributed by atoms with van der Waals surface area (Å²) in [6.07, 6.45) is -7.48. The smallest absolute Gasteiger partial charge is 0.338 e. The highest BCUT2D eigenvalue weighted by molar-refractivity contribution is 9.10. The number of ketones is 1. The van der Waals surface area contributed by atoms with Crippen molar-refractivity contribution < 1.29 is 87.1 Å². The number of carbonyl (C=O) groups excluding carboxylic acids is 6. The van der Waals surface area contributed by atoms with Crippen molar-refractivity contribution in [2.45, 2.75) is 96.0 Å². The van der Waals surface area contributed by atoms with Crippen molar-refractivity contribution in [2.24, 2.45) is 0 Å². The van der Waals surface area contributed by atoms with Crippen molar-refractivity contribution in [1.29, 1.82) is 0 Å². The van der Waals surface area contributed by atoms with Crippen LogP contribution in [0.3, 0.4) is 0 Å². The largest absolute Gasteiger partial charge is 0.479 e. The highest BCUT2D eigenvalue weighted by atomic mass is 79.9. The molecule has 276 valence electrons. The lowest BCUT2D eigenvalue weighted by Gasteiger charge is -2.15. The zero-order valence-corrected chi connectivity index (χ0v) is 29.3. The summed E-state index contributed by atoms with van der Waals surface area (Å²) < 4.78 is 32.2. The van der Waals surface area contributed by atoms with Crippen LogP contribution < -0.4 is 0 Å². The number of hydrogen-bond donors (Lipinski definition) is 4.